The summed E-state index contributed by atoms with van der Waals surface area (Å²) in [6, 6.07) is 0.751. The van der Waals surface area contributed by atoms with Gasteiger partial charge in [-0.15, -0.1) is 0 Å². The lowest BCUT2D eigenvalue weighted by atomic mass is 9.77. The molecule has 1 nitrogen and oxygen atoms in total. The van der Waals surface area contributed by atoms with Crippen LogP contribution in [0.2, 0.25) is 0 Å². The molecule has 0 bridgehead atoms. The molecule has 0 amide bonds. The molecule has 1 saturated carbocycles. The first kappa shape index (κ1) is 7.32. The van der Waals surface area contributed by atoms with Crippen LogP contribution in [0, 0.1) is 11.3 Å². The predicted octanol–water partition coefficient (Wildman–Crippen LogP) is 1.25. The van der Waals surface area contributed by atoms with Gasteiger partial charge in [-0.05, 0) is 0 Å². The molecule has 2 unspecified atom stereocenters. The maximum absolute atomic E-state index is 12.3. The summed E-state index contributed by atoms with van der Waals surface area (Å²) in [6.07, 6.45) is -7.75. The minimum atomic E-state index is -3.25. The Morgan fingerprint density at radius 1 is 1.20 bits per heavy atom. The van der Waals surface area contributed by atoms with Crippen molar-refractivity contribution in [3.05, 3.63) is 0 Å². The van der Waals surface area contributed by atoms with Crippen LogP contribution in [-0.4, -0.2) is 24.2 Å². The average molecular weight is 153 g/mol. The van der Waals surface area contributed by atoms with Crippen molar-refractivity contribution in [2.24, 2.45) is 0 Å². The Morgan fingerprint density at radius 3 is 1.80 bits per heavy atom. The van der Waals surface area contributed by atoms with Crippen molar-refractivity contribution in [2.75, 3.05) is 0 Å². The highest BCUT2D eigenvalue weighted by atomic mass is 19.2. The first-order valence-corrected chi connectivity index (χ1v) is 2.56. The molecular formula is C5H3F4N. The fourth-order valence-corrected chi connectivity index (χ4v) is 0.769. The van der Waals surface area contributed by atoms with Crippen LogP contribution in [0.3, 0.4) is 0 Å². The molecule has 5 heteroatoms. The molecule has 0 aromatic heterocycles. The number of halogens is 4. The van der Waals surface area contributed by atoms with Gasteiger partial charge in [-0.1, -0.05) is 0 Å². The molecule has 10 heavy (non-hydrogen) atoms. The molecule has 2 atom stereocenters. The second kappa shape index (κ2) is 1.84. The second-order valence-corrected chi connectivity index (χ2v) is 2.13. The molecule has 0 spiro atoms. The Bertz CT molecular complexity index is 177. The van der Waals surface area contributed by atoms with E-state index in [1.165, 1.54) is 0 Å². The Balaban J connectivity index is 2.76. The van der Waals surface area contributed by atoms with E-state index < -0.39 is 24.2 Å². The standard InChI is InChI=1S/C5H3F4N/c6-2-3(7)5(9,1-10)4(2)8/h2-4H. The molecule has 0 radical (unpaired) electrons. The number of alkyl halides is 4. The molecule has 56 valence electrons. The quantitative estimate of drug-likeness (QED) is 0.480. The number of hydrogen-bond acceptors (Lipinski definition) is 1. The van der Waals surface area contributed by atoms with Crippen LogP contribution in [0.25, 0.3) is 0 Å². The van der Waals surface area contributed by atoms with E-state index in [0.29, 0.717) is 0 Å². The van der Waals surface area contributed by atoms with Crippen LogP contribution in [0.15, 0.2) is 0 Å². The van der Waals surface area contributed by atoms with Gasteiger partial charge in [0.2, 0.25) is 0 Å². The summed E-state index contributed by atoms with van der Waals surface area (Å²) in [7, 11) is 0. The zero-order chi connectivity index (χ0) is 7.94. The molecular weight excluding hydrogens is 150 g/mol. The van der Waals surface area contributed by atoms with Gasteiger partial charge in [0.1, 0.15) is 6.07 Å². The topological polar surface area (TPSA) is 23.8 Å². The average Bonchev–Trinajstić information content (AvgIpc) is 2.00. The van der Waals surface area contributed by atoms with E-state index in [4.69, 9.17) is 5.26 Å². The van der Waals surface area contributed by atoms with Gasteiger partial charge in [0.05, 0.1) is 0 Å². The van der Waals surface area contributed by atoms with Crippen LogP contribution in [0.1, 0.15) is 0 Å². The Kier molecular flexibility index (Phi) is 1.35. The van der Waals surface area contributed by atoms with Crippen molar-refractivity contribution in [1.29, 1.82) is 5.26 Å². The number of hydrogen-bond donors (Lipinski definition) is 0. The van der Waals surface area contributed by atoms with Gasteiger partial charge in [0.15, 0.2) is 18.5 Å². The third-order valence-corrected chi connectivity index (χ3v) is 1.53. The van der Waals surface area contributed by atoms with Crippen LogP contribution >= 0.6 is 0 Å². The molecule has 0 aromatic rings. The van der Waals surface area contributed by atoms with Gasteiger partial charge in [0, 0.05) is 0 Å². The summed E-state index contributed by atoms with van der Waals surface area (Å²) in [5, 5.41) is 7.83. The number of nitrogens with zero attached hydrogens (tertiary/aromatic N) is 1. The first-order valence-electron chi connectivity index (χ1n) is 2.56. The number of rotatable bonds is 0. The number of nitriles is 1. The molecule has 0 aromatic carbocycles. The molecule has 1 aliphatic carbocycles. The lowest BCUT2D eigenvalue weighted by Crippen LogP contribution is -2.64. The molecule has 0 N–H and O–H groups in total. The molecule has 0 saturated heterocycles. The van der Waals surface area contributed by atoms with Gasteiger partial charge < -0.3 is 0 Å². The highest BCUT2D eigenvalue weighted by Gasteiger charge is 2.67. The Labute approximate surface area is 54.2 Å². The van der Waals surface area contributed by atoms with Gasteiger partial charge in [-0.2, -0.15) is 5.26 Å². The van der Waals surface area contributed by atoms with Crippen molar-refractivity contribution >= 4 is 0 Å². The second-order valence-electron chi connectivity index (χ2n) is 2.13. The van der Waals surface area contributed by atoms with E-state index in [1.54, 1.807) is 0 Å². The first-order chi connectivity index (χ1) is 4.54. The molecule has 1 rings (SSSR count). The summed E-state index contributed by atoms with van der Waals surface area (Å²) < 4.78 is 48.2. The van der Waals surface area contributed by atoms with E-state index in [0.717, 1.165) is 6.07 Å². The lowest BCUT2D eigenvalue weighted by molar-refractivity contribution is -0.139. The maximum atomic E-state index is 12.3. The monoisotopic (exact) mass is 153 g/mol. The lowest BCUT2D eigenvalue weighted by Gasteiger charge is -2.38. The molecule has 1 fully saturated rings. The summed E-state index contributed by atoms with van der Waals surface area (Å²) in [5.41, 5.74) is -3.25. The Hall–Kier alpha value is -0.790. The smallest absolute Gasteiger partial charge is 0.241 e. The van der Waals surface area contributed by atoms with Crippen molar-refractivity contribution < 1.29 is 17.6 Å². The Morgan fingerprint density at radius 2 is 1.60 bits per heavy atom. The van der Waals surface area contributed by atoms with Crippen LogP contribution in [0.4, 0.5) is 17.6 Å². The van der Waals surface area contributed by atoms with Gasteiger partial charge >= 0.3 is 0 Å². The zero-order valence-electron chi connectivity index (χ0n) is 4.69. The highest BCUT2D eigenvalue weighted by molar-refractivity contribution is 5.24. The summed E-state index contributed by atoms with van der Waals surface area (Å²) in [5.74, 6) is 0. The SMILES string of the molecule is N#CC1(F)C(F)C(F)C1F. The third kappa shape index (κ3) is 0.564. The van der Waals surface area contributed by atoms with Gasteiger partial charge in [0.25, 0.3) is 5.67 Å². The summed E-state index contributed by atoms with van der Waals surface area (Å²) in [6.45, 7) is 0. The van der Waals surface area contributed by atoms with Crippen LogP contribution in [-0.2, 0) is 0 Å². The fraction of sp³-hybridized carbons (Fsp3) is 0.800. The van der Waals surface area contributed by atoms with E-state index in [9.17, 15) is 17.6 Å². The van der Waals surface area contributed by atoms with Gasteiger partial charge in [-0.25, -0.2) is 17.6 Å². The largest absolute Gasteiger partial charge is 0.263 e. The summed E-state index contributed by atoms with van der Waals surface area (Å²) >= 11 is 0. The predicted molar refractivity (Wildman–Crippen MR) is 24.1 cm³/mol. The van der Waals surface area contributed by atoms with Crippen molar-refractivity contribution in [2.45, 2.75) is 24.2 Å². The van der Waals surface area contributed by atoms with E-state index in [1.807, 2.05) is 0 Å². The minimum Gasteiger partial charge on any atom is -0.241 e. The zero-order valence-corrected chi connectivity index (χ0v) is 4.69. The van der Waals surface area contributed by atoms with Crippen LogP contribution < -0.4 is 0 Å². The normalized spacial score (nSPS) is 53.3. The van der Waals surface area contributed by atoms with Crippen molar-refractivity contribution in [3.8, 4) is 6.07 Å². The van der Waals surface area contributed by atoms with Crippen LogP contribution in [0.5, 0.6) is 0 Å². The minimum absolute atomic E-state index is 0.751. The van der Waals surface area contributed by atoms with E-state index >= 15 is 0 Å². The van der Waals surface area contributed by atoms with Gasteiger partial charge in [-0.3, -0.25) is 0 Å². The molecule has 0 heterocycles. The molecule has 1 aliphatic rings. The highest BCUT2D eigenvalue weighted by Crippen LogP contribution is 2.43. The fourth-order valence-electron chi connectivity index (χ4n) is 0.769. The maximum Gasteiger partial charge on any atom is 0.263 e. The molecule has 0 aliphatic heterocycles. The van der Waals surface area contributed by atoms with Crippen molar-refractivity contribution in [1.82, 2.24) is 0 Å². The van der Waals surface area contributed by atoms with E-state index in [2.05, 4.69) is 0 Å². The van der Waals surface area contributed by atoms with Crippen molar-refractivity contribution in [3.63, 3.8) is 0 Å². The third-order valence-electron chi connectivity index (χ3n) is 1.53. The van der Waals surface area contributed by atoms with E-state index in [-0.39, 0.29) is 0 Å². The summed E-state index contributed by atoms with van der Waals surface area (Å²) in [4.78, 5) is 0.